The highest BCUT2D eigenvalue weighted by molar-refractivity contribution is 7.89. The molecule has 0 saturated heterocycles. The Kier molecular flexibility index (Phi) is 9.43. The van der Waals surface area contributed by atoms with Crippen molar-refractivity contribution in [1.29, 1.82) is 0 Å². The van der Waals surface area contributed by atoms with Crippen molar-refractivity contribution >= 4 is 22.1 Å². The fraction of sp³-hybridized carbons (Fsp3) is 0.231. The first-order chi connectivity index (χ1) is 17.4. The number of ether oxygens (including phenoxy) is 3. The topological polar surface area (TPSA) is 107 Å². The van der Waals surface area contributed by atoms with Crippen LogP contribution in [0.4, 0.5) is 0 Å². The summed E-state index contributed by atoms with van der Waals surface area (Å²) in [5.41, 5.74) is 3.79. The lowest BCUT2D eigenvalue weighted by molar-refractivity contribution is -0.121. The van der Waals surface area contributed by atoms with Crippen LogP contribution < -0.4 is 19.6 Å². The molecule has 0 heterocycles. The second-order valence-corrected chi connectivity index (χ2v) is 9.45. The largest absolute Gasteiger partial charge is 0.497 e. The molecule has 0 radical (unpaired) electrons. The molecule has 0 saturated carbocycles. The molecule has 1 N–H and O–H groups in total. The third-order valence-electron chi connectivity index (χ3n) is 5.12. The van der Waals surface area contributed by atoms with E-state index in [-0.39, 0.29) is 17.2 Å². The highest BCUT2D eigenvalue weighted by Crippen LogP contribution is 2.31. The van der Waals surface area contributed by atoms with E-state index in [9.17, 15) is 13.2 Å². The molecule has 3 aromatic carbocycles. The van der Waals surface area contributed by atoms with Gasteiger partial charge in [-0.3, -0.25) is 4.79 Å². The molecule has 3 aromatic rings. The monoisotopic (exact) mass is 511 g/mol. The lowest BCUT2D eigenvalue weighted by atomic mass is 10.2. The van der Waals surface area contributed by atoms with Gasteiger partial charge in [0, 0.05) is 18.2 Å². The molecular formula is C26H29N3O6S. The maximum absolute atomic E-state index is 13.7. The van der Waals surface area contributed by atoms with Crippen molar-refractivity contribution in [1.82, 2.24) is 9.73 Å². The predicted octanol–water partition coefficient (Wildman–Crippen LogP) is 3.44. The Labute approximate surface area is 211 Å². The molecular weight excluding hydrogens is 482 g/mol. The van der Waals surface area contributed by atoms with Crippen LogP contribution in [0.5, 0.6) is 17.2 Å². The van der Waals surface area contributed by atoms with Crippen molar-refractivity contribution in [2.24, 2.45) is 5.10 Å². The minimum absolute atomic E-state index is 0.0339. The zero-order valence-electron chi connectivity index (χ0n) is 20.4. The van der Waals surface area contributed by atoms with E-state index in [0.29, 0.717) is 29.2 Å². The number of hydrogen-bond donors (Lipinski definition) is 1. The van der Waals surface area contributed by atoms with Gasteiger partial charge in [0.15, 0.2) is 0 Å². The molecule has 0 aliphatic heterocycles. The van der Waals surface area contributed by atoms with Gasteiger partial charge in [-0.05, 0) is 36.8 Å². The van der Waals surface area contributed by atoms with Gasteiger partial charge in [0.1, 0.15) is 22.1 Å². The van der Waals surface area contributed by atoms with Gasteiger partial charge in [0.25, 0.3) is 5.91 Å². The van der Waals surface area contributed by atoms with E-state index in [1.165, 1.54) is 32.6 Å². The standard InChI is InChI=1S/C26H29N3O6S/c1-4-35-23-13-9-8-12-21(23)17-27-28-26(30)19-29(18-20-10-6-5-7-11-20)36(31,32)25-16-22(33-2)14-15-24(25)34-3/h5-17H,4,18-19H2,1-3H3,(H,28,30)/b27-17+. The number of nitrogens with zero attached hydrogens (tertiary/aromatic N) is 2. The van der Waals surface area contributed by atoms with Crippen LogP contribution >= 0.6 is 0 Å². The summed E-state index contributed by atoms with van der Waals surface area (Å²) in [5.74, 6) is 0.494. The summed E-state index contributed by atoms with van der Waals surface area (Å²) in [5, 5.41) is 3.99. The van der Waals surface area contributed by atoms with Gasteiger partial charge in [-0.15, -0.1) is 0 Å². The number of hydrazone groups is 1. The molecule has 1 amide bonds. The second-order valence-electron chi connectivity index (χ2n) is 7.54. The third-order valence-corrected chi connectivity index (χ3v) is 6.93. The summed E-state index contributed by atoms with van der Waals surface area (Å²) in [4.78, 5) is 12.7. The molecule has 36 heavy (non-hydrogen) atoms. The highest BCUT2D eigenvalue weighted by Gasteiger charge is 2.30. The van der Waals surface area contributed by atoms with E-state index < -0.39 is 22.5 Å². The van der Waals surface area contributed by atoms with E-state index >= 15 is 0 Å². The maximum atomic E-state index is 13.7. The summed E-state index contributed by atoms with van der Waals surface area (Å²) in [6.45, 7) is 1.85. The summed E-state index contributed by atoms with van der Waals surface area (Å²) >= 11 is 0. The molecule has 0 unspecified atom stereocenters. The van der Waals surface area contributed by atoms with Gasteiger partial charge in [0.05, 0.1) is 33.6 Å². The Balaban J connectivity index is 1.86. The van der Waals surface area contributed by atoms with Crippen LogP contribution in [-0.4, -0.2) is 52.2 Å². The van der Waals surface area contributed by atoms with Gasteiger partial charge in [-0.1, -0.05) is 42.5 Å². The number of para-hydroxylation sites is 1. The smallest absolute Gasteiger partial charge is 0.255 e. The molecule has 0 bridgehead atoms. The van der Waals surface area contributed by atoms with Gasteiger partial charge in [0.2, 0.25) is 10.0 Å². The zero-order chi connectivity index (χ0) is 26.0. The molecule has 9 nitrogen and oxygen atoms in total. The number of rotatable bonds is 12. The minimum atomic E-state index is -4.17. The molecule has 0 spiro atoms. The molecule has 0 atom stereocenters. The first-order valence-electron chi connectivity index (χ1n) is 11.2. The van der Waals surface area contributed by atoms with Crippen LogP contribution in [0.1, 0.15) is 18.1 Å². The van der Waals surface area contributed by atoms with E-state index in [1.807, 2.05) is 25.1 Å². The molecule has 0 aliphatic rings. The predicted molar refractivity (Wildman–Crippen MR) is 137 cm³/mol. The third kappa shape index (κ3) is 6.83. The summed E-state index contributed by atoms with van der Waals surface area (Å²) in [6, 6.07) is 20.7. The molecule has 0 aliphatic carbocycles. The van der Waals surface area contributed by atoms with E-state index in [0.717, 1.165) is 4.31 Å². The van der Waals surface area contributed by atoms with E-state index in [4.69, 9.17) is 14.2 Å². The van der Waals surface area contributed by atoms with E-state index in [2.05, 4.69) is 10.5 Å². The van der Waals surface area contributed by atoms with Crippen LogP contribution in [-0.2, 0) is 21.4 Å². The molecule has 190 valence electrons. The Bertz CT molecular complexity index is 1300. The van der Waals surface area contributed by atoms with Gasteiger partial charge in [-0.2, -0.15) is 9.41 Å². The summed E-state index contributed by atoms with van der Waals surface area (Å²) in [6.07, 6.45) is 1.45. The Morgan fingerprint density at radius 1 is 0.972 bits per heavy atom. The number of sulfonamides is 1. The Morgan fingerprint density at radius 3 is 2.39 bits per heavy atom. The summed E-state index contributed by atoms with van der Waals surface area (Å²) < 4.78 is 44.5. The van der Waals surface area contributed by atoms with Crippen LogP contribution in [0, 0.1) is 0 Å². The lowest BCUT2D eigenvalue weighted by Gasteiger charge is -2.23. The average Bonchev–Trinajstić information content (AvgIpc) is 2.89. The minimum Gasteiger partial charge on any atom is -0.497 e. The molecule has 0 fully saturated rings. The van der Waals surface area contributed by atoms with Crippen molar-refractivity contribution in [3.8, 4) is 17.2 Å². The van der Waals surface area contributed by atoms with Crippen LogP contribution in [0.15, 0.2) is 82.8 Å². The van der Waals surface area contributed by atoms with Crippen molar-refractivity contribution in [2.45, 2.75) is 18.4 Å². The Morgan fingerprint density at radius 2 is 1.69 bits per heavy atom. The van der Waals surface area contributed by atoms with Crippen LogP contribution in [0.2, 0.25) is 0 Å². The van der Waals surface area contributed by atoms with Gasteiger partial charge >= 0.3 is 0 Å². The van der Waals surface area contributed by atoms with Crippen LogP contribution in [0.3, 0.4) is 0 Å². The maximum Gasteiger partial charge on any atom is 0.255 e. The number of carbonyl (C=O) groups is 1. The van der Waals surface area contributed by atoms with Gasteiger partial charge in [-0.25, -0.2) is 13.8 Å². The number of nitrogens with one attached hydrogen (secondary N) is 1. The zero-order valence-corrected chi connectivity index (χ0v) is 21.2. The SMILES string of the molecule is CCOc1ccccc1/C=N/NC(=O)CN(Cc1ccccc1)S(=O)(=O)c1cc(OC)ccc1OC. The number of carbonyl (C=O) groups excluding carboxylic acids is 1. The molecule has 10 heteroatoms. The number of methoxy groups -OCH3 is 2. The van der Waals surface area contributed by atoms with E-state index in [1.54, 1.807) is 42.5 Å². The van der Waals surface area contributed by atoms with Crippen LogP contribution in [0.25, 0.3) is 0 Å². The van der Waals surface area contributed by atoms with Crippen molar-refractivity contribution in [3.05, 3.63) is 83.9 Å². The Hall–Kier alpha value is -3.89. The molecule has 0 aromatic heterocycles. The van der Waals surface area contributed by atoms with Gasteiger partial charge < -0.3 is 14.2 Å². The average molecular weight is 512 g/mol. The second kappa shape index (κ2) is 12.7. The van der Waals surface area contributed by atoms with Crippen molar-refractivity contribution in [3.63, 3.8) is 0 Å². The quantitative estimate of drug-likeness (QED) is 0.295. The fourth-order valence-electron chi connectivity index (χ4n) is 3.38. The normalized spacial score (nSPS) is 11.4. The fourth-order valence-corrected chi connectivity index (χ4v) is 4.94. The molecule has 3 rings (SSSR count). The number of hydrogen-bond acceptors (Lipinski definition) is 7. The first-order valence-corrected chi connectivity index (χ1v) is 12.6. The summed E-state index contributed by atoms with van der Waals surface area (Å²) in [7, 11) is -1.35. The first kappa shape index (κ1) is 26.7. The lowest BCUT2D eigenvalue weighted by Crippen LogP contribution is -2.39. The van der Waals surface area contributed by atoms with Crippen molar-refractivity contribution < 1.29 is 27.4 Å². The highest BCUT2D eigenvalue weighted by atomic mass is 32.2. The van der Waals surface area contributed by atoms with Crippen molar-refractivity contribution in [2.75, 3.05) is 27.4 Å². The number of amides is 1. The number of benzene rings is 3.